The van der Waals surface area contributed by atoms with Crippen LogP contribution in [-0.2, 0) is 10.9 Å². The van der Waals surface area contributed by atoms with Gasteiger partial charge in [0, 0.05) is 5.56 Å². The van der Waals surface area contributed by atoms with Crippen molar-refractivity contribution < 1.29 is 27.1 Å². The molecule has 0 atom stereocenters. The summed E-state index contributed by atoms with van der Waals surface area (Å²) in [5, 5.41) is 0. The van der Waals surface area contributed by atoms with Gasteiger partial charge in [-0.15, -0.1) is 0 Å². The first-order valence-corrected chi connectivity index (χ1v) is 5.26. The highest BCUT2D eigenvalue weighted by Gasteiger charge is 2.30. The molecule has 0 unspecified atom stereocenters. The number of carbonyl (C=O) groups is 1. The molecule has 0 N–H and O–H groups in total. The molecule has 0 aliphatic rings. The molecule has 100 valence electrons. The molecule has 0 radical (unpaired) electrons. The van der Waals surface area contributed by atoms with Gasteiger partial charge in [-0.3, -0.25) is 0 Å². The van der Waals surface area contributed by atoms with E-state index in [1.807, 2.05) is 0 Å². The molecule has 1 aromatic carbocycles. The maximum Gasteiger partial charge on any atom is 0.416 e. The Hall–Kier alpha value is -2.24. The van der Waals surface area contributed by atoms with Crippen molar-refractivity contribution in [3.63, 3.8) is 0 Å². The van der Waals surface area contributed by atoms with Crippen molar-refractivity contribution in [3.05, 3.63) is 47.9 Å². The van der Waals surface area contributed by atoms with Gasteiger partial charge in [0.15, 0.2) is 0 Å². The highest BCUT2D eigenvalue weighted by atomic mass is 19.4. The van der Waals surface area contributed by atoms with E-state index in [2.05, 4.69) is 4.74 Å². The molecule has 0 amide bonds. The fourth-order valence-electron chi connectivity index (χ4n) is 1.57. The maximum absolute atomic E-state index is 12.6. The van der Waals surface area contributed by atoms with Crippen LogP contribution >= 0.6 is 0 Å². The number of furan rings is 1. The SMILES string of the molecule is COC(=O)c1cc(-c2cccc(C(F)(F)F)c2)co1. The summed E-state index contributed by atoms with van der Waals surface area (Å²) in [5.74, 6) is -0.742. The molecule has 0 saturated carbocycles. The first-order chi connectivity index (χ1) is 8.91. The van der Waals surface area contributed by atoms with Gasteiger partial charge in [0.25, 0.3) is 0 Å². The number of methoxy groups -OCH3 is 1. The molecule has 0 saturated heterocycles. The normalized spacial score (nSPS) is 11.4. The number of carbonyl (C=O) groups excluding carboxylic acids is 1. The van der Waals surface area contributed by atoms with E-state index in [1.165, 1.54) is 31.6 Å². The summed E-state index contributed by atoms with van der Waals surface area (Å²) in [6.07, 6.45) is -3.20. The number of benzene rings is 1. The lowest BCUT2D eigenvalue weighted by Gasteiger charge is -2.07. The lowest BCUT2D eigenvalue weighted by molar-refractivity contribution is -0.137. The topological polar surface area (TPSA) is 39.4 Å². The summed E-state index contributed by atoms with van der Waals surface area (Å²) in [5.41, 5.74) is -0.0638. The number of esters is 1. The van der Waals surface area contributed by atoms with E-state index in [0.29, 0.717) is 11.1 Å². The molecule has 6 heteroatoms. The molecule has 0 aliphatic heterocycles. The Labute approximate surface area is 106 Å². The van der Waals surface area contributed by atoms with Crippen molar-refractivity contribution in [2.45, 2.75) is 6.18 Å². The van der Waals surface area contributed by atoms with Crippen LogP contribution in [0.15, 0.2) is 41.0 Å². The molecule has 2 rings (SSSR count). The lowest BCUT2D eigenvalue weighted by atomic mass is 10.1. The van der Waals surface area contributed by atoms with Gasteiger partial charge in [0.2, 0.25) is 5.76 Å². The zero-order chi connectivity index (χ0) is 14.0. The molecule has 2 aromatic rings. The van der Waals surface area contributed by atoms with E-state index < -0.39 is 17.7 Å². The van der Waals surface area contributed by atoms with Gasteiger partial charge < -0.3 is 9.15 Å². The predicted molar refractivity (Wildman–Crippen MR) is 60.5 cm³/mol. The van der Waals surface area contributed by atoms with Crippen molar-refractivity contribution in [2.75, 3.05) is 7.11 Å². The minimum absolute atomic E-state index is 0.0603. The Balaban J connectivity index is 2.37. The second-order valence-electron chi connectivity index (χ2n) is 3.77. The highest BCUT2D eigenvalue weighted by molar-refractivity contribution is 5.88. The van der Waals surface area contributed by atoms with Crippen LogP contribution in [-0.4, -0.2) is 13.1 Å². The molecule has 3 nitrogen and oxygen atoms in total. The Morgan fingerprint density at radius 2 is 1.95 bits per heavy atom. The van der Waals surface area contributed by atoms with E-state index in [9.17, 15) is 18.0 Å². The minimum atomic E-state index is -4.41. The molecule has 1 aromatic heterocycles. The Bertz CT molecular complexity index is 599. The summed E-state index contributed by atoms with van der Waals surface area (Å²) < 4.78 is 47.1. The van der Waals surface area contributed by atoms with Gasteiger partial charge in [-0.2, -0.15) is 13.2 Å². The largest absolute Gasteiger partial charge is 0.463 e. The molecule has 0 bridgehead atoms. The molecule has 0 spiro atoms. The van der Waals surface area contributed by atoms with E-state index >= 15 is 0 Å². The summed E-state index contributed by atoms with van der Waals surface area (Å²) in [4.78, 5) is 11.2. The molecule has 0 aliphatic carbocycles. The Kier molecular flexibility index (Phi) is 3.33. The number of hydrogen-bond acceptors (Lipinski definition) is 3. The van der Waals surface area contributed by atoms with Crippen molar-refractivity contribution in [3.8, 4) is 11.1 Å². The zero-order valence-electron chi connectivity index (χ0n) is 9.82. The average Bonchev–Trinajstić information content (AvgIpc) is 2.86. The lowest BCUT2D eigenvalue weighted by Crippen LogP contribution is -2.04. The molecular formula is C13H9F3O3. The third-order valence-corrected chi connectivity index (χ3v) is 2.51. The average molecular weight is 270 g/mol. The minimum Gasteiger partial charge on any atom is -0.463 e. The van der Waals surface area contributed by atoms with Crippen molar-refractivity contribution in [1.82, 2.24) is 0 Å². The second kappa shape index (κ2) is 4.79. The molecule has 0 fully saturated rings. The monoisotopic (exact) mass is 270 g/mol. The Morgan fingerprint density at radius 3 is 2.58 bits per heavy atom. The highest BCUT2D eigenvalue weighted by Crippen LogP contribution is 2.32. The van der Waals surface area contributed by atoms with Crippen LogP contribution in [0.2, 0.25) is 0 Å². The van der Waals surface area contributed by atoms with E-state index in [-0.39, 0.29) is 5.76 Å². The molecule has 19 heavy (non-hydrogen) atoms. The summed E-state index contributed by atoms with van der Waals surface area (Å²) in [6.45, 7) is 0. The summed E-state index contributed by atoms with van der Waals surface area (Å²) >= 11 is 0. The van der Waals surface area contributed by atoms with Gasteiger partial charge in [-0.1, -0.05) is 12.1 Å². The van der Waals surface area contributed by atoms with Crippen molar-refractivity contribution in [2.24, 2.45) is 0 Å². The Morgan fingerprint density at radius 1 is 1.21 bits per heavy atom. The summed E-state index contributed by atoms with van der Waals surface area (Å²) in [7, 11) is 1.19. The van der Waals surface area contributed by atoms with Crippen LogP contribution in [0.25, 0.3) is 11.1 Å². The first kappa shape index (κ1) is 13.2. The van der Waals surface area contributed by atoms with Gasteiger partial charge in [-0.25, -0.2) is 4.79 Å². The fourth-order valence-corrected chi connectivity index (χ4v) is 1.57. The van der Waals surface area contributed by atoms with Crippen LogP contribution in [0.1, 0.15) is 16.1 Å². The van der Waals surface area contributed by atoms with Crippen molar-refractivity contribution >= 4 is 5.97 Å². The standard InChI is InChI=1S/C13H9F3O3/c1-18-12(17)11-6-9(7-19-11)8-3-2-4-10(5-8)13(14,15)16/h2-7H,1H3. The van der Waals surface area contributed by atoms with E-state index in [4.69, 9.17) is 4.42 Å². The van der Waals surface area contributed by atoms with Crippen LogP contribution in [0, 0.1) is 0 Å². The summed E-state index contributed by atoms with van der Waals surface area (Å²) in [6, 6.07) is 6.10. The van der Waals surface area contributed by atoms with E-state index in [1.54, 1.807) is 0 Å². The van der Waals surface area contributed by atoms with Crippen molar-refractivity contribution in [1.29, 1.82) is 0 Å². The molecule has 1 heterocycles. The van der Waals surface area contributed by atoms with Gasteiger partial charge in [-0.05, 0) is 23.8 Å². The number of halogens is 3. The smallest absolute Gasteiger partial charge is 0.416 e. The number of alkyl halides is 3. The van der Waals surface area contributed by atoms with E-state index in [0.717, 1.165) is 12.1 Å². The number of rotatable bonds is 2. The predicted octanol–water partition coefficient (Wildman–Crippen LogP) is 3.75. The van der Waals surface area contributed by atoms with Crippen LogP contribution in [0.3, 0.4) is 0 Å². The quantitative estimate of drug-likeness (QED) is 0.780. The number of hydrogen-bond donors (Lipinski definition) is 0. The first-order valence-electron chi connectivity index (χ1n) is 5.26. The molecular weight excluding hydrogens is 261 g/mol. The maximum atomic E-state index is 12.6. The van der Waals surface area contributed by atoms with Gasteiger partial charge in [0.1, 0.15) is 0 Å². The third kappa shape index (κ3) is 2.78. The van der Waals surface area contributed by atoms with Gasteiger partial charge >= 0.3 is 12.1 Å². The zero-order valence-corrected chi connectivity index (χ0v) is 9.82. The second-order valence-corrected chi connectivity index (χ2v) is 3.77. The van der Waals surface area contributed by atoms with Crippen LogP contribution < -0.4 is 0 Å². The van der Waals surface area contributed by atoms with Crippen LogP contribution in [0.5, 0.6) is 0 Å². The number of ether oxygens (including phenoxy) is 1. The van der Waals surface area contributed by atoms with Crippen LogP contribution in [0.4, 0.5) is 13.2 Å². The third-order valence-electron chi connectivity index (χ3n) is 2.51. The van der Waals surface area contributed by atoms with Gasteiger partial charge in [0.05, 0.1) is 18.9 Å². The fraction of sp³-hybridized carbons (Fsp3) is 0.154.